The lowest BCUT2D eigenvalue weighted by Crippen LogP contribution is -2.53. The van der Waals surface area contributed by atoms with Gasteiger partial charge in [-0.15, -0.1) is 10.2 Å². The van der Waals surface area contributed by atoms with Crippen LogP contribution in [0, 0.1) is 12.8 Å². The van der Waals surface area contributed by atoms with Crippen LogP contribution in [0.4, 0.5) is 8.78 Å². The van der Waals surface area contributed by atoms with E-state index in [1.165, 1.54) is 0 Å². The van der Waals surface area contributed by atoms with Gasteiger partial charge in [-0.2, -0.15) is 0 Å². The van der Waals surface area contributed by atoms with Crippen molar-refractivity contribution in [1.29, 1.82) is 0 Å². The Morgan fingerprint density at radius 3 is 2.70 bits per heavy atom. The summed E-state index contributed by atoms with van der Waals surface area (Å²) in [5, 5.41) is 10.9. The Balaban J connectivity index is 1.72. The maximum atomic E-state index is 13.3. The highest BCUT2D eigenvalue weighted by Gasteiger charge is 2.38. The Bertz CT molecular complexity index is 578. The molecule has 3 rings (SSSR count). The smallest absolute Gasteiger partial charge is 0.248 e. The topological polar surface area (TPSA) is 63.1 Å². The number of hydrogen-bond acceptors (Lipinski definition) is 4. The number of alkyl halides is 2. The standard InChI is InChI=1S/C15H23F2N5O/c1-10-19-20-13-9-21(12(8-22(10)13)14(23)18-2)7-11-3-5-15(16,17)6-4-11/h11-12H,3-9H2,1-2H3,(H,18,23). The summed E-state index contributed by atoms with van der Waals surface area (Å²) >= 11 is 0. The van der Waals surface area contributed by atoms with Crippen LogP contribution >= 0.6 is 0 Å². The second-order valence-electron chi connectivity index (χ2n) is 6.63. The molecule has 1 saturated carbocycles. The fraction of sp³-hybridized carbons (Fsp3) is 0.800. The summed E-state index contributed by atoms with van der Waals surface area (Å²) in [7, 11) is 1.62. The van der Waals surface area contributed by atoms with E-state index in [4.69, 9.17) is 0 Å². The van der Waals surface area contributed by atoms with Crippen LogP contribution in [0.1, 0.15) is 37.3 Å². The molecule has 0 bridgehead atoms. The van der Waals surface area contributed by atoms with Gasteiger partial charge >= 0.3 is 0 Å². The minimum absolute atomic E-state index is 0.0502. The highest BCUT2D eigenvalue weighted by molar-refractivity contribution is 5.81. The van der Waals surface area contributed by atoms with Gasteiger partial charge in [-0.1, -0.05) is 0 Å². The van der Waals surface area contributed by atoms with Crippen molar-refractivity contribution in [2.45, 2.75) is 57.7 Å². The van der Waals surface area contributed by atoms with E-state index in [1.54, 1.807) is 7.05 Å². The number of nitrogens with zero attached hydrogens (tertiary/aromatic N) is 4. The molecular weight excluding hydrogens is 304 g/mol. The van der Waals surface area contributed by atoms with E-state index < -0.39 is 5.92 Å². The molecule has 1 amide bonds. The van der Waals surface area contributed by atoms with Crippen molar-refractivity contribution in [2.24, 2.45) is 5.92 Å². The molecule has 1 unspecified atom stereocenters. The first kappa shape index (κ1) is 16.3. The predicted molar refractivity (Wildman–Crippen MR) is 79.9 cm³/mol. The lowest BCUT2D eigenvalue weighted by molar-refractivity contribution is -0.128. The molecular formula is C15H23F2N5O. The third kappa shape index (κ3) is 3.36. The van der Waals surface area contributed by atoms with Gasteiger partial charge in [-0.05, 0) is 25.7 Å². The number of nitrogens with one attached hydrogen (secondary N) is 1. The molecule has 6 nitrogen and oxygen atoms in total. The average Bonchev–Trinajstić information content (AvgIpc) is 2.88. The van der Waals surface area contributed by atoms with Crippen molar-refractivity contribution in [3.63, 3.8) is 0 Å². The number of amides is 1. The molecule has 128 valence electrons. The SMILES string of the molecule is CNC(=O)C1Cn2c(C)nnc2CN1CC1CCC(F)(F)CC1. The van der Waals surface area contributed by atoms with Crippen molar-refractivity contribution in [3.8, 4) is 0 Å². The third-order valence-corrected chi connectivity index (χ3v) is 5.03. The van der Waals surface area contributed by atoms with Crippen LogP contribution in [-0.4, -0.2) is 51.1 Å². The van der Waals surface area contributed by atoms with Gasteiger partial charge in [0.2, 0.25) is 11.8 Å². The van der Waals surface area contributed by atoms with Crippen LogP contribution in [0.25, 0.3) is 0 Å². The van der Waals surface area contributed by atoms with E-state index in [2.05, 4.69) is 20.4 Å². The summed E-state index contributed by atoms with van der Waals surface area (Å²) in [6.45, 7) is 3.57. The van der Waals surface area contributed by atoms with E-state index >= 15 is 0 Å². The molecule has 1 atom stereocenters. The number of fused-ring (bicyclic) bond motifs is 1. The van der Waals surface area contributed by atoms with E-state index in [0.29, 0.717) is 32.5 Å². The van der Waals surface area contributed by atoms with Crippen LogP contribution in [0.2, 0.25) is 0 Å². The molecule has 1 aromatic heterocycles. The van der Waals surface area contributed by atoms with Crippen LogP contribution in [0.5, 0.6) is 0 Å². The number of halogens is 2. The van der Waals surface area contributed by atoms with E-state index in [1.807, 2.05) is 11.5 Å². The van der Waals surface area contributed by atoms with Crippen LogP contribution in [-0.2, 0) is 17.9 Å². The Hall–Kier alpha value is -1.57. The van der Waals surface area contributed by atoms with Crippen molar-refractivity contribution in [3.05, 3.63) is 11.6 Å². The van der Waals surface area contributed by atoms with E-state index in [9.17, 15) is 13.6 Å². The Morgan fingerprint density at radius 1 is 1.35 bits per heavy atom. The van der Waals surface area contributed by atoms with Crippen molar-refractivity contribution < 1.29 is 13.6 Å². The molecule has 23 heavy (non-hydrogen) atoms. The predicted octanol–water partition coefficient (Wildman–Crippen LogP) is 1.34. The quantitative estimate of drug-likeness (QED) is 0.910. The normalized spacial score (nSPS) is 25.1. The summed E-state index contributed by atoms with van der Waals surface area (Å²) in [4.78, 5) is 14.3. The monoisotopic (exact) mass is 327 g/mol. The first-order valence-electron chi connectivity index (χ1n) is 8.12. The molecule has 2 aliphatic rings. The molecule has 1 fully saturated rings. The number of rotatable bonds is 3. The third-order valence-electron chi connectivity index (χ3n) is 5.03. The Labute approximate surface area is 134 Å². The lowest BCUT2D eigenvalue weighted by Gasteiger charge is -2.38. The van der Waals surface area contributed by atoms with Crippen molar-refractivity contribution in [1.82, 2.24) is 25.0 Å². The van der Waals surface area contributed by atoms with Gasteiger partial charge in [0.1, 0.15) is 17.7 Å². The first-order valence-corrected chi connectivity index (χ1v) is 8.12. The van der Waals surface area contributed by atoms with Gasteiger partial charge in [0.05, 0.1) is 13.1 Å². The molecule has 0 aromatic carbocycles. The zero-order valence-electron chi connectivity index (χ0n) is 13.6. The van der Waals surface area contributed by atoms with Crippen LogP contribution < -0.4 is 5.32 Å². The molecule has 8 heteroatoms. The molecule has 0 saturated heterocycles. The maximum absolute atomic E-state index is 13.3. The van der Waals surface area contributed by atoms with E-state index in [-0.39, 0.29) is 30.7 Å². The summed E-state index contributed by atoms with van der Waals surface area (Å²) < 4.78 is 28.6. The summed E-state index contributed by atoms with van der Waals surface area (Å²) in [5.74, 6) is -0.729. The second kappa shape index (κ2) is 6.14. The van der Waals surface area contributed by atoms with Gasteiger partial charge in [0, 0.05) is 26.4 Å². The van der Waals surface area contributed by atoms with Gasteiger partial charge in [-0.3, -0.25) is 9.69 Å². The van der Waals surface area contributed by atoms with Crippen LogP contribution in [0.15, 0.2) is 0 Å². The second-order valence-corrected chi connectivity index (χ2v) is 6.63. The number of aromatic nitrogens is 3. The summed E-state index contributed by atoms with van der Waals surface area (Å²) in [5.41, 5.74) is 0. The number of carbonyl (C=O) groups excluding carboxylic acids is 1. The number of hydrogen-bond donors (Lipinski definition) is 1. The summed E-state index contributed by atoms with van der Waals surface area (Å²) in [6, 6.07) is -0.301. The van der Waals surface area contributed by atoms with Gasteiger partial charge in [0.25, 0.3) is 0 Å². The zero-order chi connectivity index (χ0) is 16.6. The maximum Gasteiger partial charge on any atom is 0.248 e. The molecule has 2 heterocycles. The van der Waals surface area contributed by atoms with E-state index in [0.717, 1.165) is 11.6 Å². The minimum atomic E-state index is -2.52. The molecule has 1 aliphatic carbocycles. The number of aryl methyl sites for hydroxylation is 1. The van der Waals surface area contributed by atoms with Crippen LogP contribution in [0.3, 0.4) is 0 Å². The number of likely N-dealkylation sites (N-methyl/N-ethyl adjacent to an activating group) is 1. The number of carbonyl (C=O) groups is 1. The molecule has 0 spiro atoms. The molecule has 0 radical (unpaired) electrons. The van der Waals surface area contributed by atoms with Gasteiger partial charge in [0.15, 0.2) is 0 Å². The highest BCUT2D eigenvalue weighted by Crippen LogP contribution is 2.37. The molecule has 1 aliphatic heterocycles. The first-order chi connectivity index (χ1) is 10.9. The fourth-order valence-corrected chi connectivity index (χ4v) is 3.58. The highest BCUT2D eigenvalue weighted by atomic mass is 19.3. The Morgan fingerprint density at radius 2 is 2.04 bits per heavy atom. The molecule has 1 aromatic rings. The van der Waals surface area contributed by atoms with Crippen molar-refractivity contribution in [2.75, 3.05) is 13.6 Å². The van der Waals surface area contributed by atoms with Crippen molar-refractivity contribution >= 4 is 5.91 Å². The molecule has 1 N–H and O–H groups in total. The fourth-order valence-electron chi connectivity index (χ4n) is 3.58. The van der Waals surface area contributed by atoms with Gasteiger partial charge in [-0.25, -0.2) is 8.78 Å². The lowest BCUT2D eigenvalue weighted by atomic mass is 9.86. The summed E-state index contributed by atoms with van der Waals surface area (Å²) in [6.07, 6.45) is 0.919. The minimum Gasteiger partial charge on any atom is -0.358 e. The zero-order valence-corrected chi connectivity index (χ0v) is 13.6. The largest absolute Gasteiger partial charge is 0.358 e. The van der Waals surface area contributed by atoms with Gasteiger partial charge < -0.3 is 9.88 Å². The average molecular weight is 327 g/mol. The Kier molecular flexibility index (Phi) is 4.35.